The van der Waals surface area contributed by atoms with Crippen molar-refractivity contribution >= 4 is 5.91 Å². The first-order valence-corrected chi connectivity index (χ1v) is 7.13. The lowest BCUT2D eigenvalue weighted by Gasteiger charge is -2.30. The summed E-state index contributed by atoms with van der Waals surface area (Å²) in [6, 6.07) is 0.204. The molecular weight excluding hydrogens is 212 g/mol. The number of amides is 1. The fourth-order valence-corrected chi connectivity index (χ4v) is 2.60. The molecule has 3 nitrogen and oxygen atoms in total. The van der Waals surface area contributed by atoms with Gasteiger partial charge in [0.1, 0.15) is 0 Å². The fourth-order valence-electron chi connectivity index (χ4n) is 2.60. The van der Waals surface area contributed by atoms with Gasteiger partial charge in [-0.25, -0.2) is 0 Å². The van der Waals surface area contributed by atoms with E-state index in [1.54, 1.807) is 0 Å². The largest absolute Gasteiger partial charge is 0.352 e. The minimum absolute atomic E-state index is 0.180. The smallest absolute Gasteiger partial charge is 0.220 e. The number of carbonyl (C=O) groups is 1. The summed E-state index contributed by atoms with van der Waals surface area (Å²) in [5.41, 5.74) is 5.79. The van der Waals surface area contributed by atoms with E-state index >= 15 is 0 Å². The summed E-state index contributed by atoms with van der Waals surface area (Å²) in [5.74, 6) is 1.38. The van der Waals surface area contributed by atoms with E-state index in [1.165, 1.54) is 32.1 Å². The van der Waals surface area contributed by atoms with Crippen molar-refractivity contribution in [3.05, 3.63) is 0 Å². The molecule has 0 saturated heterocycles. The molecule has 100 valence electrons. The molecule has 0 aromatic carbocycles. The van der Waals surface area contributed by atoms with Crippen molar-refractivity contribution in [3.63, 3.8) is 0 Å². The highest BCUT2D eigenvalue weighted by atomic mass is 16.1. The highest BCUT2D eigenvalue weighted by Gasteiger charge is 2.23. The highest BCUT2D eigenvalue weighted by Crippen LogP contribution is 2.26. The predicted octanol–water partition coefficient (Wildman–Crippen LogP) is 2.45. The van der Waals surface area contributed by atoms with E-state index in [2.05, 4.69) is 19.2 Å². The zero-order valence-corrected chi connectivity index (χ0v) is 11.4. The van der Waals surface area contributed by atoms with Gasteiger partial charge in [0.05, 0.1) is 0 Å². The van der Waals surface area contributed by atoms with Crippen LogP contribution in [0.2, 0.25) is 0 Å². The molecule has 3 heteroatoms. The van der Waals surface area contributed by atoms with E-state index in [0.29, 0.717) is 24.8 Å². The average Bonchev–Trinajstić information content (AvgIpc) is 2.34. The zero-order valence-electron chi connectivity index (χ0n) is 11.4. The highest BCUT2D eigenvalue weighted by molar-refractivity contribution is 5.76. The third-order valence-electron chi connectivity index (χ3n) is 3.77. The Hall–Kier alpha value is -0.570. The Morgan fingerprint density at radius 1 is 1.29 bits per heavy atom. The van der Waals surface area contributed by atoms with Gasteiger partial charge in [-0.1, -0.05) is 33.1 Å². The third kappa shape index (κ3) is 5.53. The molecule has 0 radical (unpaired) electrons. The number of hydrogen-bond donors (Lipinski definition) is 2. The molecule has 0 aromatic heterocycles. The number of hydrogen-bond acceptors (Lipinski definition) is 2. The molecule has 1 rings (SSSR count). The predicted molar refractivity (Wildman–Crippen MR) is 71.6 cm³/mol. The normalized spacial score (nSPS) is 19.3. The van der Waals surface area contributed by atoms with Gasteiger partial charge in [0.25, 0.3) is 0 Å². The van der Waals surface area contributed by atoms with Gasteiger partial charge < -0.3 is 11.1 Å². The monoisotopic (exact) mass is 240 g/mol. The molecule has 1 aliphatic rings. The quantitative estimate of drug-likeness (QED) is 0.749. The maximum absolute atomic E-state index is 11.8. The van der Waals surface area contributed by atoms with Gasteiger partial charge >= 0.3 is 0 Å². The minimum Gasteiger partial charge on any atom is -0.352 e. The van der Waals surface area contributed by atoms with Crippen LogP contribution in [-0.4, -0.2) is 18.5 Å². The van der Waals surface area contributed by atoms with Crippen molar-refractivity contribution in [1.29, 1.82) is 0 Å². The second-order valence-corrected chi connectivity index (χ2v) is 5.74. The van der Waals surface area contributed by atoms with Crippen LogP contribution in [0, 0.1) is 11.8 Å². The van der Waals surface area contributed by atoms with Gasteiger partial charge in [0, 0.05) is 19.0 Å². The third-order valence-corrected chi connectivity index (χ3v) is 3.77. The van der Waals surface area contributed by atoms with Gasteiger partial charge in [0.2, 0.25) is 5.91 Å². The molecule has 0 spiro atoms. The summed E-state index contributed by atoms with van der Waals surface area (Å²) < 4.78 is 0. The van der Waals surface area contributed by atoms with Gasteiger partial charge in [0.15, 0.2) is 0 Å². The second-order valence-electron chi connectivity index (χ2n) is 5.74. The molecule has 0 bridgehead atoms. The summed E-state index contributed by atoms with van der Waals surface area (Å²) >= 11 is 0. The van der Waals surface area contributed by atoms with Crippen molar-refractivity contribution in [2.75, 3.05) is 6.54 Å². The van der Waals surface area contributed by atoms with E-state index in [9.17, 15) is 4.79 Å². The first-order valence-electron chi connectivity index (χ1n) is 7.13. The van der Waals surface area contributed by atoms with Crippen LogP contribution in [-0.2, 0) is 4.79 Å². The summed E-state index contributed by atoms with van der Waals surface area (Å²) in [7, 11) is 0. The van der Waals surface area contributed by atoms with Crippen LogP contribution in [0.1, 0.15) is 58.8 Å². The topological polar surface area (TPSA) is 55.1 Å². The molecule has 0 aromatic rings. The van der Waals surface area contributed by atoms with Crippen LogP contribution < -0.4 is 11.1 Å². The van der Waals surface area contributed by atoms with Crippen molar-refractivity contribution in [3.8, 4) is 0 Å². The van der Waals surface area contributed by atoms with Crippen LogP contribution in [0.25, 0.3) is 0 Å². The zero-order chi connectivity index (χ0) is 12.7. The molecular formula is C14H28N2O. The number of rotatable bonds is 6. The van der Waals surface area contributed by atoms with Crippen molar-refractivity contribution < 1.29 is 4.79 Å². The lowest BCUT2D eigenvalue weighted by Crippen LogP contribution is -2.45. The molecule has 17 heavy (non-hydrogen) atoms. The first kappa shape index (κ1) is 14.5. The Labute approximate surface area is 106 Å². The first-order chi connectivity index (χ1) is 8.13. The van der Waals surface area contributed by atoms with Gasteiger partial charge in [-0.05, 0) is 31.1 Å². The number of carbonyl (C=O) groups excluding carboxylic acids is 1. The van der Waals surface area contributed by atoms with E-state index < -0.39 is 0 Å². The molecule has 1 aliphatic carbocycles. The van der Waals surface area contributed by atoms with Crippen molar-refractivity contribution in [2.45, 2.75) is 64.8 Å². The molecule has 0 aliphatic heterocycles. The maximum atomic E-state index is 11.8. The van der Waals surface area contributed by atoms with Crippen LogP contribution in [0.3, 0.4) is 0 Å². The Balaban J connectivity index is 2.32. The average molecular weight is 240 g/mol. The van der Waals surface area contributed by atoms with E-state index in [0.717, 1.165) is 6.42 Å². The Morgan fingerprint density at radius 2 is 1.94 bits per heavy atom. The minimum atomic E-state index is 0.180. The molecule has 1 saturated carbocycles. The lowest BCUT2D eigenvalue weighted by atomic mass is 9.84. The molecule has 3 N–H and O–H groups in total. The van der Waals surface area contributed by atoms with Crippen molar-refractivity contribution in [1.82, 2.24) is 5.32 Å². The lowest BCUT2D eigenvalue weighted by molar-refractivity contribution is -0.122. The summed E-state index contributed by atoms with van der Waals surface area (Å²) in [6.07, 6.45) is 7.99. The fraction of sp³-hybridized carbons (Fsp3) is 0.929. The Kier molecular flexibility index (Phi) is 6.56. The van der Waals surface area contributed by atoms with Crippen LogP contribution >= 0.6 is 0 Å². The van der Waals surface area contributed by atoms with E-state index in [-0.39, 0.29) is 11.9 Å². The van der Waals surface area contributed by atoms with Crippen LogP contribution in [0.4, 0.5) is 0 Å². The Bertz CT molecular complexity index is 222. The van der Waals surface area contributed by atoms with E-state index in [1.807, 2.05) is 0 Å². The van der Waals surface area contributed by atoms with Gasteiger partial charge in [-0.15, -0.1) is 0 Å². The van der Waals surface area contributed by atoms with Crippen molar-refractivity contribution in [2.24, 2.45) is 17.6 Å². The van der Waals surface area contributed by atoms with Crippen LogP contribution in [0.15, 0.2) is 0 Å². The molecule has 1 unspecified atom stereocenters. The Morgan fingerprint density at radius 3 is 2.47 bits per heavy atom. The summed E-state index contributed by atoms with van der Waals surface area (Å²) in [4.78, 5) is 11.8. The molecule has 0 heterocycles. The van der Waals surface area contributed by atoms with E-state index in [4.69, 9.17) is 5.73 Å². The molecule has 1 atom stereocenters. The van der Waals surface area contributed by atoms with Crippen LogP contribution in [0.5, 0.6) is 0 Å². The summed E-state index contributed by atoms with van der Waals surface area (Å²) in [6.45, 7) is 4.88. The number of nitrogens with two attached hydrogens (primary N) is 1. The van der Waals surface area contributed by atoms with Gasteiger partial charge in [-0.2, -0.15) is 0 Å². The maximum Gasteiger partial charge on any atom is 0.220 e. The summed E-state index contributed by atoms with van der Waals surface area (Å²) in [5, 5.41) is 3.13. The standard InChI is InChI=1S/C14H28N2O/c1-11(2)8-9-14(17)16-13(10-15)12-6-4-3-5-7-12/h11-13H,3-10,15H2,1-2H3,(H,16,17). The molecule has 1 fully saturated rings. The molecule has 1 amide bonds. The SMILES string of the molecule is CC(C)CCC(=O)NC(CN)C1CCCCC1. The van der Waals surface area contributed by atoms with Gasteiger partial charge in [-0.3, -0.25) is 4.79 Å². The number of nitrogens with one attached hydrogen (secondary N) is 1. The second kappa shape index (κ2) is 7.70.